The number of benzene rings is 1. The number of ether oxygens (including phenoxy) is 1. The fraction of sp³-hybridized carbons (Fsp3) is 0.593. The Hall–Kier alpha value is -3.61. The molecule has 3 N–H and O–H groups in total. The molecular weight excluding hydrogens is 474 g/mol. The van der Waals surface area contributed by atoms with E-state index in [4.69, 9.17) is 4.74 Å². The average Bonchev–Trinajstić information content (AvgIpc) is 3.15. The number of anilines is 1. The number of amides is 4. The summed E-state index contributed by atoms with van der Waals surface area (Å²) in [6.07, 6.45) is -0.601. The number of carbonyl (C=O) groups is 4. The zero-order valence-corrected chi connectivity index (χ0v) is 22.1. The van der Waals surface area contributed by atoms with Crippen LogP contribution < -0.4 is 16.0 Å². The molecule has 4 rings (SSSR count). The Morgan fingerprint density at radius 2 is 1.92 bits per heavy atom. The minimum absolute atomic E-state index is 0.0648. The number of rotatable bonds is 6. The summed E-state index contributed by atoms with van der Waals surface area (Å²) in [4.78, 5) is 53.4. The molecule has 1 saturated carbocycles. The van der Waals surface area contributed by atoms with E-state index in [1.165, 1.54) is 12.0 Å². The highest BCUT2D eigenvalue weighted by Crippen LogP contribution is 2.65. The van der Waals surface area contributed by atoms with E-state index in [0.717, 1.165) is 5.56 Å². The number of para-hydroxylation sites is 1. The molecule has 0 radical (unpaired) electrons. The summed E-state index contributed by atoms with van der Waals surface area (Å²) in [6.45, 7) is 10.0. The van der Waals surface area contributed by atoms with Crippen molar-refractivity contribution in [2.24, 2.45) is 22.7 Å². The Kier molecular flexibility index (Phi) is 6.69. The molecule has 37 heavy (non-hydrogen) atoms. The first-order chi connectivity index (χ1) is 17.3. The maximum absolute atomic E-state index is 13.7. The average molecular weight is 510 g/mol. The predicted molar refractivity (Wildman–Crippen MR) is 135 cm³/mol. The Balaban J connectivity index is 1.53. The van der Waals surface area contributed by atoms with Crippen LogP contribution in [0.15, 0.2) is 24.3 Å². The van der Waals surface area contributed by atoms with Crippen molar-refractivity contribution in [3.63, 3.8) is 0 Å². The van der Waals surface area contributed by atoms with E-state index in [2.05, 4.69) is 35.9 Å². The zero-order chi connectivity index (χ0) is 27.3. The number of fused-ring (bicyclic) bond motifs is 2. The normalized spacial score (nSPS) is 26.6. The van der Waals surface area contributed by atoms with Crippen molar-refractivity contribution in [3.8, 4) is 6.07 Å². The smallest absolute Gasteiger partial charge is 0.407 e. The molecule has 2 aliphatic heterocycles. The number of methoxy groups -OCH3 is 1. The van der Waals surface area contributed by atoms with Crippen LogP contribution in [0.25, 0.3) is 0 Å². The molecule has 6 atom stereocenters. The number of carbonyl (C=O) groups excluding carboxylic acids is 4. The molecule has 1 aromatic carbocycles. The van der Waals surface area contributed by atoms with Gasteiger partial charge in [0.15, 0.2) is 0 Å². The van der Waals surface area contributed by atoms with Gasteiger partial charge in [-0.2, -0.15) is 5.26 Å². The number of hydrogen-bond donors (Lipinski definition) is 3. The maximum Gasteiger partial charge on any atom is 0.407 e. The summed E-state index contributed by atoms with van der Waals surface area (Å²) in [5.74, 6) is -1.47. The van der Waals surface area contributed by atoms with Crippen molar-refractivity contribution in [2.45, 2.75) is 65.1 Å². The van der Waals surface area contributed by atoms with Crippen molar-refractivity contribution in [2.75, 3.05) is 19.0 Å². The Morgan fingerprint density at radius 3 is 2.54 bits per heavy atom. The Morgan fingerprint density at radius 1 is 1.24 bits per heavy atom. The Bertz CT molecular complexity index is 1170. The highest BCUT2D eigenvalue weighted by Gasteiger charge is 2.69. The lowest BCUT2D eigenvalue weighted by Gasteiger charge is -2.37. The van der Waals surface area contributed by atoms with Crippen molar-refractivity contribution >= 4 is 29.5 Å². The molecule has 1 saturated heterocycles. The second-order valence-electron chi connectivity index (χ2n) is 11.9. The summed E-state index contributed by atoms with van der Waals surface area (Å²) in [6, 6.07) is 6.82. The third-order valence-corrected chi connectivity index (χ3v) is 8.18. The third-order valence-electron chi connectivity index (χ3n) is 8.18. The molecule has 4 amide bonds. The van der Waals surface area contributed by atoms with E-state index >= 15 is 0 Å². The largest absolute Gasteiger partial charge is 0.453 e. The van der Waals surface area contributed by atoms with Crippen LogP contribution in [0.4, 0.5) is 10.5 Å². The van der Waals surface area contributed by atoms with Gasteiger partial charge in [0.25, 0.3) is 0 Å². The highest BCUT2D eigenvalue weighted by atomic mass is 16.5. The van der Waals surface area contributed by atoms with E-state index in [1.807, 2.05) is 39.0 Å². The number of nitrogens with one attached hydrogen (secondary N) is 3. The van der Waals surface area contributed by atoms with Crippen LogP contribution in [0.2, 0.25) is 0 Å². The minimum atomic E-state index is -0.918. The second-order valence-corrected chi connectivity index (χ2v) is 11.9. The summed E-state index contributed by atoms with van der Waals surface area (Å²) in [7, 11) is 1.23. The third kappa shape index (κ3) is 4.75. The van der Waals surface area contributed by atoms with Crippen molar-refractivity contribution < 1.29 is 23.9 Å². The predicted octanol–water partition coefficient (Wildman–Crippen LogP) is 2.37. The lowest BCUT2D eigenvalue weighted by atomic mass is 9.85. The van der Waals surface area contributed by atoms with Gasteiger partial charge in [-0.1, -0.05) is 52.8 Å². The number of likely N-dealkylation sites (tertiary alicyclic amines) is 1. The minimum Gasteiger partial charge on any atom is -0.453 e. The van der Waals surface area contributed by atoms with Gasteiger partial charge >= 0.3 is 6.09 Å². The molecule has 0 bridgehead atoms. The van der Waals surface area contributed by atoms with Crippen molar-refractivity contribution in [1.29, 1.82) is 5.26 Å². The first-order valence-electron chi connectivity index (χ1n) is 12.6. The number of piperidine rings is 1. The van der Waals surface area contributed by atoms with Crippen LogP contribution in [0.1, 0.15) is 52.5 Å². The molecule has 3 aliphatic rings. The van der Waals surface area contributed by atoms with Gasteiger partial charge in [-0.05, 0) is 40.7 Å². The van der Waals surface area contributed by atoms with E-state index in [1.54, 1.807) is 6.07 Å². The number of nitrogens with zero attached hydrogens (tertiary/aromatic N) is 2. The molecule has 0 aromatic heterocycles. The van der Waals surface area contributed by atoms with Gasteiger partial charge in [-0.3, -0.25) is 14.4 Å². The van der Waals surface area contributed by atoms with Gasteiger partial charge in [0.2, 0.25) is 17.7 Å². The van der Waals surface area contributed by atoms with Crippen LogP contribution in [0.5, 0.6) is 0 Å². The van der Waals surface area contributed by atoms with Gasteiger partial charge in [-0.15, -0.1) is 0 Å². The summed E-state index contributed by atoms with van der Waals surface area (Å²) < 4.78 is 4.72. The second kappa shape index (κ2) is 9.36. The van der Waals surface area contributed by atoms with Gasteiger partial charge in [0.1, 0.15) is 18.1 Å². The molecule has 1 aliphatic carbocycles. The fourth-order valence-electron chi connectivity index (χ4n) is 5.95. The summed E-state index contributed by atoms with van der Waals surface area (Å²) in [5.41, 5.74) is 0.748. The van der Waals surface area contributed by atoms with Crippen LogP contribution in [0.3, 0.4) is 0 Å². The number of nitriles is 1. The van der Waals surface area contributed by atoms with E-state index in [-0.39, 0.29) is 35.5 Å². The van der Waals surface area contributed by atoms with E-state index in [0.29, 0.717) is 12.2 Å². The molecule has 10 nitrogen and oxygen atoms in total. The van der Waals surface area contributed by atoms with Crippen LogP contribution in [-0.4, -0.2) is 60.5 Å². The van der Waals surface area contributed by atoms with Crippen LogP contribution in [0, 0.1) is 34.0 Å². The number of alkyl carbamates (subject to hydrolysis) is 1. The monoisotopic (exact) mass is 509 g/mol. The van der Waals surface area contributed by atoms with Crippen molar-refractivity contribution in [1.82, 2.24) is 15.5 Å². The van der Waals surface area contributed by atoms with Gasteiger partial charge in [0, 0.05) is 12.2 Å². The Labute approximate surface area is 217 Å². The SMILES string of the molecule is COC(=O)N[C@H](C(=O)N1C[C@H]2[C@H]([C@H]1C(=O)N[C@H](C#N)CC1C(=O)Nc3ccccc31)C2(C)C)C(C)(C)C. The molecular formula is C27H35N5O5. The summed E-state index contributed by atoms with van der Waals surface area (Å²) in [5, 5.41) is 18.1. The molecule has 198 valence electrons. The fourth-order valence-corrected chi connectivity index (χ4v) is 5.95. The van der Waals surface area contributed by atoms with E-state index in [9.17, 15) is 24.4 Å². The molecule has 1 aromatic rings. The van der Waals surface area contributed by atoms with Crippen LogP contribution >= 0.6 is 0 Å². The van der Waals surface area contributed by atoms with Gasteiger partial charge < -0.3 is 25.6 Å². The van der Waals surface area contributed by atoms with Gasteiger partial charge in [0.05, 0.1) is 19.1 Å². The zero-order valence-electron chi connectivity index (χ0n) is 22.1. The standard InChI is InChI=1S/C27H35N5O5/c1-26(2,3)21(31-25(36)37-6)24(35)32-13-17-19(27(17,4)5)20(32)23(34)29-14(12-28)11-16-15-9-7-8-10-18(15)30-22(16)33/h7-10,14,16-17,19-21H,11,13H2,1-6H3,(H,29,34)(H,30,33)(H,31,36)/t14-,16?,17-,19+,20-,21+/m0/s1. The maximum atomic E-state index is 13.7. The number of hydrogen-bond acceptors (Lipinski definition) is 6. The highest BCUT2D eigenvalue weighted by molar-refractivity contribution is 6.03. The molecule has 2 heterocycles. The quantitative estimate of drug-likeness (QED) is 0.538. The molecule has 10 heteroatoms. The first-order valence-corrected chi connectivity index (χ1v) is 12.6. The van der Waals surface area contributed by atoms with Crippen molar-refractivity contribution in [3.05, 3.63) is 29.8 Å². The van der Waals surface area contributed by atoms with Gasteiger partial charge in [-0.25, -0.2) is 4.79 Å². The molecule has 0 spiro atoms. The first kappa shape index (κ1) is 26.5. The lowest BCUT2D eigenvalue weighted by Crippen LogP contribution is -2.59. The molecule has 1 unspecified atom stereocenters. The summed E-state index contributed by atoms with van der Waals surface area (Å²) >= 11 is 0. The van der Waals surface area contributed by atoms with E-state index < -0.39 is 41.5 Å². The topological polar surface area (TPSA) is 141 Å². The van der Waals surface area contributed by atoms with Crippen LogP contribution in [-0.2, 0) is 19.1 Å². The lowest BCUT2D eigenvalue weighted by molar-refractivity contribution is -0.144. The molecule has 2 fully saturated rings.